The number of benzene rings is 1. The molecule has 2 unspecified atom stereocenters. The summed E-state index contributed by atoms with van der Waals surface area (Å²) < 4.78 is 5.62. The fraction of sp³-hybridized carbons (Fsp3) is 0.389. The maximum atomic E-state index is 12.8. The van der Waals surface area contributed by atoms with Crippen LogP contribution in [0, 0.1) is 0 Å². The van der Waals surface area contributed by atoms with Crippen molar-refractivity contribution in [2.75, 3.05) is 13.2 Å². The van der Waals surface area contributed by atoms with Crippen LogP contribution in [0.2, 0.25) is 0 Å². The van der Waals surface area contributed by atoms with Crippen molar-refractivity contribution in [3.05, 3.63) is 51.5 Å². The third kappa shape index (κ3) is 3.05. The summed E-state index contributed by atoms with van der Waals surface area (Å²) in [6.07, 6.45) is 1.93. The molecule has 4 rings (SSSR count). The number of carboxylic acid groups (broad SMARTS) is 1. The number of thiazole rings is 1. The molecule has 0 radical (unpaired) electrons. The minimum Gasteiger partial charge on any atom is -0.481 e. The number of amides is 1. The van der Waals surface area contributed by atoms with Crippen molar-refractivity contribution in [2.45, 2.75) is 31.4 Å². The van der Waals surface area contributed by atoms with Gasteiger partial charge < -0.3 is 14.7 Å². The largest absolute Gasteiger partial charge is 0.481 e. The number of carbonyl (C=O) groups is 2. The lowest BCUT2D eigenvalue weighted by Gasteiger charge is -2.32. The van der Waals surface area contributed by atoms with Gasteiger partial charge in [0.25, 0.3) is 5.91 Å². The standard InChI is InChI=1S/C18H18N2O4S/c21-17(14-10-25-16(19-14)15-6-3-7-24-15)20-8-11-4-1-2-5-12(11)13(9-20)18(22)23/h1-2,4-5,10,13,15H,3,6-9H2,(H,22,23). The first-order valence-electron chi connectivity index (χ1n) is 8.30. The molecule has 6 nitrogen and oxygen atoms in total. The van der Waals surface area contributed by atoms with Gasteiger partial charge in [-0.05, 0) is 24.0 Å². The molecular weight excluding hydrogens is 340 g/mol. The number of carboxylic acids is 1. The van der Waals surface area contributed by atoms with E-state index in [9.17, 15) is 14.7 Å². The molecule has 0 saturated carbocycles. The molecule has 130 valence electrons. The lowest BCUT2D eigenvalue weighted by atomic mass is 9.89. The smallest absolute Gasteiger partial charge is 0.312 e. The molecule has 1 aromatic heterocycles. The Bertz CT molecular complexity index is 813. The molecule has 1 fully saturated rings. The van der Waals surface area contributed by atoms with E-state index in [1.165, 1.54) is 11.3 Å². The predicted molar refractivity (Wildman–Crippen MR) is 91.6 cm³/mol. The molecule has 0 bridgehead atoms. The van der Waals surface area contributed by atoms with Crippen LogP contribution in [0.4, 0.5) is 0 Å². The van der Waals surface area contributed by atoms with Gasteiger partial charge in [0.05, 0.1) is 5.92 Å². The van der Waals surface area contributed by atoms with Gasteiger partial charge in [-0.15, -0.1) is 11.3 Å². The Morgan fingerprint density at radius 1 is 1.32 bits per heavy atom. The number of hydrogen-bond acceptors (Lipinski definition) is 5. The second-order valence-corrected chi connectivity index (χ2v) is 7.24. The molecule has 1 aromatic carbocycles. The molecular formula is C18H18N2O4S. The van der Waals surface area contributed by atoms with E-state index >= 15 is 0 Å². The monoisotopic (exact) mass is 358 g/mol. The van der Waals surface area contributed by atoms with Crippen LogP contribution >= 0.6 is 11.3 Å². The summed E-state index contributed by atoms with van der Waals surface area (Å²) in [5.41, 5.74) is 2.04. The van der Waals surface area contributed by atoms with Gasteiger partial charge in [0.1, 0.15) is 16.8 Å². The summed E-state index contributed by atoms with van der Waals surface area (Å²) in [6, 6.07) is 7.41. The van der Waals surface area contributed by atoms with E-state index in [0.717, 1.165) is 35.6 Å². The van der Waals surface area contributed by atoms with Crippen molar-refractivity contribution in [3.63, 3.8) is 0 Å². The normalized spacial score (nSPS) is 22.6. The van der Waals surface area contributed by atoms with Crippen LogP contribution in [0.3, 0.4) is 0 Å². The van der Waals surface area contributed by atoms with Gasteiger partial charge in [-0.3, -0.25) is 9.59 Å². The average molecular weight is 358 g/mol. The van der Waals surface area contributed by atoms with Gasteiger partial charge in [-0.25, -0.2) is 4.98 Å². The molecule has 1 saturated heterocycles. The minimum atomic E-state index is -0.914. The first-order chi connectivity index (χ1) is 12.1. The number of hydrogen-bond donors (Lipinski definition) is 1. The average Bonchev–Trinajstić information content (AvgIpc) is 3.31. The zero-order valence-electron chi connectivity index (χ0n) is 13.6. The highest BCUT2D eigenvalue weighted by molar-refractivity contribution is 7.09. The molecule has 1 amide bonds. The van der Waals surface area contributed by atoms with E-state index in [2.05, 4.69) is 4.98 Å². The number of fused-ring (bicyclic) bond motifs is 1. The van der Waals surface area contributed by atoms with E-state index in [1.807, 2.05) is 24.3 Å². The van der Waals surface area contributed by atoms with Crippen LogP contribution in [0.5, 0.6) is 0 Å². The maximum absolute atomic E-state index is 12.8. The molecule has 1 N–H and O–H groups in total. The number of rotatable bonds is 3. The number of ether oxygens (including phenoxy) is 1. The van der Waals surface area contributed by atoms with Crippen LogP contribution in [0.15, 0.2) is 29.6 Å². The van der Waals surface area contributed by atoms with E-state index in [-0.39, 0.29) is 18.6 Å². The Morgan fingerprint density at radius 2 is 2.16 bits per heavy atom. The van der Waals surface area contributed by atoms with Crippen molar-refractivity contribution in [3.8, 4) is 0 Å². The topological polar surface area (TPSA) is 79.7 Å². The van der Waals surface area contributed by atoms with Crippen LogP contribution in [-0.4, -0.2) is 40.0 Å². The lowest BCUT2D eigenvalue weighted by Crippen LogP contribution is -2.40. The van der Waals surface area contributed by atoms with Gasteiger partial charge in [-0.2, -0.15) is 0 Å². The van der Waals surface area contributed by atoms with Crippen molar-refractivity contribution in [1.29, 1.82) is 0 Å². The molecule has 2 aliphatic heterocycles. The Morgan fingerprint density at radius 3 is 2.92 bits per heavy atom. The van der Waals surface area contributed by atoms with Crippen molar-refractivity contribution in [1.82, 2.24) is 9.88 Å². The highest BCUT2D eigenvalue weighted by Crippen LogP contribution is 2.32. The second kappa shape index (κ2) is 6.57. The Hall–Kier alpha value is -2.25. The lowest BCUT2D eigenvalue weighted by molar-refractivity contribution is -0.139. The summed E-state index contributed by atoms with van der Waals surface area (Å²) in [5, 5.41) is 12.1. The molecule has 7 heteroatoms. The van der Waals surface area contributed by atoms with E-state index in [4.69, 9.17) is 4.74 Å². The number of carbonyl (C=O) groups excluding carboxylic acids is 1. The first kappa shape index (κ1) is 16.2. The summed E-state index contributed by atoms with van der Waals surface area (Å²) in [5.74, 6) is -1.84. The van der Waals surface area contributed by atoms with Gasteiger partial charge in [-0.1, -0.05) is 24.3 Å². The zero-order valence-corrected chi connectivity index (χ0v) is 14.4. The Kier molecular flexibility index (Phi) is 4.27. The molecule has 3 heterocycles. The number of aromatic nitrogens is 1. The molecule has 0 aliphatic carbocycles. The van der Waals surface area contributed by atoms with Crippen molar-refractivity contribution >= 4 is 23.2 Å². The molecule has 0 spiro atoms. The summed E-state index contributed by atoms with van der Waals surface area (Å²) in [6.45, 7) is 1.31. The number of nitrogens with zero attached hydrogens (tertiary/aromatic N) is 2. The van der Waals surface area contributed by atoms with Gasteiger partial charge in [0, 0.05) is 25.1 Å². The molecule has 2 atom stereocenters. The molecule has 2 aliphatic rings. The van der Waals surface area contributed by atoms with E-state index in [0.29, 0.717) is 12.2 Å². The zero-order chi connectivity index (χ0) is 17.4. The van der Waals surface area contributed by atoms with Crippen molar-refractivity contribution in [2.24, 2.45) is 0 Å². The fourth-order valence-corrected chi connectivity index (χ4v) is 4.32. The van der Waals surface area contributed by atoms with Gasteiger partial charge in [0.15, 0.2) is 0 Å². The first-order valence-corrected chi connectivity index (χ1v) is 9.18. The highest BCUT2D eigenvalue weighted by atomic mass is 32.1. The number of aliphatic carboxylic acids is 1. The Labute approximate surface area is 149 Å². The molecule has 2 aromatic rings. The summed E-state index contributed by atoms with van der Waals surface area (Å²) >= 11 is 1.43. The summed E-state index contributed by atoms with van der Waals surface area (Å²) in [4.78, 5) is 30.5. The van der Waals surface area contributed by atoms with Gasteiger partial charge >= 0.3 is 5.97 Å². The fourth-order valence-electron chi connectivity index (χ4n) is 3.44. The minimum absolute atomic E-state index is 0.0135. The van der Waals surface area contributed by atoms with Crippen molar-refractivity contribution < 1.29 is 19.4 Å². The third-order valence-corrected chi connectivity index (χ3v) is 5.66. The van der Waals surface area contributed by atoms with E-state index < -0.39 is 11.9 Å². The summed E-state index contributed by atoms with van der Waals surface area (Å²) in [7, 11) is 0. The van der Waals surface area contributed by atoms with Crippen LogP contribution in [-0.2, 0) is 16.1 Å². The Balaban J connectivity index is 1.57. The van der Waals surface area contributed by atoms with E-state index in [1.54, 1.807) is 10.3 Å². The molecule has 25 heavy (non-hydrogen) atoms. The van der Waals surface area contributed by atoms with Crippen LogP contribution in [0.25, 0.3) is 0 Å². The van der Waals surface area contributed by atoms with Gasteiger partial charge in [0.2, 0.25) is 0 Å². The third-order valence-electron chi connectivity index (χ3n) is 4.73. The maximum Gasteiger partial charge on any atom is 0.312 e. The second-order valence-electron chi connectivity index (χ2n) is 6.35. The van der Waals surface area contributed by atoms with Crippen LogP contribution in [0.1, 0.15) is 51.5 Å². The quantitative estimate of drug-likeness (QED) is 0.913. The highest BCUT2D eigenvalue weighted by Gasteiger charge is 2.33. The van der Waals surface area contributed by atoms with Crippen LogP contribution < -0.4 is 0 Å². The predicted octanol–water partition coefficient (Wildman–Crippen LogP) is 2.82. The SMILES string of the molecule is O=C(O)C1CN(C(=O)c2csc(C3CCCO3)n2)Cc2ccccc21.